The first kappa shape index (κ1) is 15.9. The molecule has 8 heteroatoms. The predicted molar refractivity (Wildman–Crippen MR) is 92.6 cm³/mol. The molecule has 0 N–H and O–H groups in total. The third kappa shape index (κ3) is 2.60. The van der Waals surface area contributed by atoms with Gasteiger partial charge < -0.3 is 4.57 Å². The van der Waals surface area contributed by atoms with Crippen LogP contribution >= 0.6 is 23.4 Å². The van der Waals surface area contributed by atoms with Crippen molar-refractivity contribution in [2.24, 2.45) is 14.1 Å². The van der Waals surface area contributed by atoms with Crippen molar-refractivity contribution in [3.8, 4) is 0 Å². The van der Waals surface area contributed by atoms with Crippen LogP contribution in [0.1, 0.15) is 5.56 Å². The van der Waals surface area contributed by atoms with E-state index >= 15 is 0 Å². The number of aromatic nitrogens is 4. The summed E-state index contributed by atoms with van der Waals surface area (Å²) in [6.07, 6.45) is 1.89. The number of hydrogen-bond donors (Lipinski definition) is 0. The molecule has 2 heterocycles. The number of imidazole rings is 1. The number of rotatable bonds is 3. The molecule has 0 aliphatic rings. The Morgan fingerprint density at radius 1 is 1.13 bits per heavy atom. The molecule has 3 rings (SSSR count). The molecule has 0 spiro atoms. The first-order chi connectivity index (χ1) is 10.9. The fraction of sp³-hybridized carbons (Fsp3) is 0.267. The zero-order chi connectivity index (χ0) is 16.7. The Kier molecular flexibility index (Phi) is 4.08. The zero-order valence-corrected chi connectivity index (χ0v) is 14.5. The summed E-state index contributed by atoms with van der Waals surface area (Å²) in [6, 6.07) is 7.43. The van der Waals surface area contributed by atoms with E-state index < -0.39 is 0 Å². The molecule has 2 aromatic heterocycles. The Morgan fingerprint density at radius 3 is 2.39 bits per heavy atom. The van der Waals surface area contributed by atoms with Crippen LogP contribution in [0.4, 0.5) is 0 Å². The number of hydrogen-bond acceptors (Lipinski definition) is 4. The summed E-state index contributed by atoms with van der Waals surface area (Å²) in [4.78, 5) is 29.1. The Balaban J connectivity index is 2.29. The van der Waals surface area contributed by atoms with E-state index in [0.717, 1.165) is 10.1 Å². The van der Waals surface area contributed by atoms with Gasteiger partial charge in [0, 0.05) is 19.1 Å². The molecule has 0 unspecified atom stereocenters. The minimum absolute atomic E-state index is 0.343. The molecule has 0 amide bonds. The molecule has 0 radical (unpaired) electrons. The maximum Gasteiger partial charge on any atom is 0.332 e. The highest BCUT2D eigenvalue weighted by molar-refractivity contribution is 7.98. The van der Waals surface area contributed by atoms with Gasteiger partial charge in [-0.15, -0.1) is 0 Å². The molecule has 0 bridgehead atoms. The average Bonchev–Trinajstić information content (AvgIpc) is 2.91. The zero-order valence-electron chi connectivity index (χ0n) is 12.9. The van der Waals surface area contributed by atoms with Gasteiger partial charge in [-0.25, -0.2) is 9.78 Å². The van der Waals surface area contributed by atoms with E-state index in [1.54, 1.807) is 7.05 Å². The monoisotopic (exact) mass is 350 g/mol. The second kappa shape index (κ2) is 5.90. The lowest BCUT2D eigenvalue weighted by molar-refractivity contribution is 0.697. The molecule has 0 saturated heterocycles. The van der Waals surface area contributed by atoms with E-state index in [9.17, 15) is 9.59 Å². The first-order valence-corrected chi connectivity index (χ1v) is 8.49. The van der Waals surface area contributed by atoms with Gasteiger partial charge in [-0.1, -0.05) is 35.5 Å². The van der Waals surface area contributed by atoms with Gasteiger partial charge >= 0.3 is 5.69 Å². The van der Waals surface area contributed by atoms with Gasteiger partial charge in [0.15, 0.2) is 16.3 Å². The maximum atomic E-state index is 12.6. The lowest BCUT2D eigenvalue weighted by Crippen LogP contribution is -2.37. The molecule has 0 saturated carbocycles. The number of nitrogens with zero attached hydrogens (tertiary/aromatic N) is 4. The molecular weight excluding hydrogens is 336 g/mol. The Morgan fingerprint density at radius 2 is 1.78 bits per heavy atom. The summed E-state index contributed by atoms with van der Waals surface area (Å²) >= 11 is 7.35. The lowest BCUT2D eigenvalue weighted by atomic mass is 10.2. The summed E-state index contributed by atoms with van der Waals surface area (Å²) < 4.78 is 4.34. The van der Waals surface area contributed by atoms with Crippen LogP contribution in [0.25, 0.3) is 11.2 Å². The fourth-order valence-electron chi connectivity index (χ4n) is 2.50. The molecule has 0 atom stereocenters. The van der Waals surface area contributed by atoms with Crippen LogP contribution in [0.3, 0.4) is 0 Å². The molecule has 0 fully saturated rings. The van der Waals surface area contributed by atoms with Crippen molar-refractivity contribution in [1.82, 2.24) is 18.7 Å². The highest BCUT2D eigenvalue weighted by Crippen LogP contribution is 2.21. The van der Waals surface area contributed by atoms with Gasteiger partial charge in [-0.05, 0) is 24.0 Å². The van der Waals surface area contributed by atoms with Crippen molar-refractivity contribution in [3.05, 3.63) is 55.7 Å². The van der Waals surface area contributed by atoms with Gasteiger partial charge in [0.25, 0.3) is 5.56 Å². The maximum absolute atomic E-state index is 12.6. The SMILES string of the molecule is CSc1nc2c(c(=O)n(C)c(=O)n2C)n1Cc1ccc(Cl)cc1. The average molecular weight is 351 g/mol. The van der Waals surface area contributed by atoms with Crippen molar-refractivity contribution in [2.75, 3.05) is 6.26 Å². The molecule has 1 aromatic carbocycles. The highest BCUT2D eigenvalue weighted by Gasteiger charge is 2.18. The van der Waals surface area contributed by atoms with E-state index in [4.69, 9.17) is 11.6 Å². The van der Waals surface area contributed by atoms with Gasteiger partial charge in [-0.3, -0.25) is 13.9 Å². The quantitative estimate of drug-likeness (QED) is 0.676. The molecule has 0 aliphatic heterocycles. The van der Waals surface area contributed by atoms with Crippen LogP contribution in [0.5, 0.6) is 0 Å². The van der Waals surface area contributed by atoms with Crippen LogP contribution in [0.15, 0.2) is 39.0 Å². The first-order valence-electron chi connectivity index (χ1n) is 6.88. The summed E-state index contributed by atoms with van der Waals surface area (Å²) in [5.74, 6) is 0. The summed E-state index contributed by atoms with van der Waals surface area (Å²) in [5, 5.41) is 1.35. The fourth-order valence-corrected chi connectivity index (χ4v) is 3.18. The van der Waals surface area contributed by atoms with Crippen molar-refractivity contribution < 1.29 is 0 Å². The molecule has 120 valence electrons. The second-order valence-corrected chi connectivity index (χ2v) is 6.40. The number of thioether (sulfide) groups is 1. The van der Waals surface area contributed by atoms with Gasteiger partial charge in [0.2, 0.25) is 0 Å². The predicted octanol–water partition coefficient (Wildman–Crippen LogP) is 1.86. The Labute approximate surface area is 141 Å². The Hall–Kier alpha value is -1.99. The number of halogens is 1. The van der Waals surface area contributed by atoms with Crippen molar-refractivity contribution in [3.63, 3.8) is 0 Å². The summed E-state index contributed by atoms with van der Waals surface area (Å²) in [7, 11) is 3.09. The molecular formula is C15H15ClN4O2S. The van der Waals surface area contributed by atoms with Gasteiger partial charge in [0.05, 0.1) is 6.54 Å². The molecule has 6 nitrogen and oxygen atoms in total. The van der Waals surface area contributed by atoms with Crippen molar-refractivity contribution in [1.29, 1.82) is 0 Å². The molecule has 23 heavy (non-hydrogen) atoms. The third-order valence-electron chi connectivity index (χ3n) is 3.75. The summed E-state index contributed by atoms with van der Waals surface area (Å²) in [6.45, 7) is 0.483. The van der Waals surface area contributed by atoms with Crippen LogP contribution in [-0.2, 0) is 20.6 Å². The molecule has 3 aromatic rings. The van der Waals surface area contributed by atoms with Crippen LogP contribution in [0.2, 0.25) is 5.02 Å². The second-order valence-electron chi connectivity index (χ2n) is 5.19. The smallest absolute Gasteiger partial charge is 0.309 e. The minimum atomic E-state index is -0.383. The van der Waals surface area contributed by atoms with Crippen molar-refractivity contribution >= 4 is 34.5 Å². The van der Waals surface area contributed by atoms with E-state index in [1.807, 2.05) is 35.1 Å². The Bertz CT molecular complexity index is 1000. The highest BCUT2D eigenvalue weighted by atomic mass is 35.5. The number of aryl methyl sites for hydroxylation is 1. The topological polar surface area (TPSA) is 61.8 Å². The minimum Gasteiger partial charge on any atom is -0.309 e. The van der Waals surface area contributed by atoms with Crippen LogP contribution in [0, 0.1) is 0 Å². The normalized spacial score (nSPS) is 11.3. The van der Waals surface area contributed by atoms with Crippen LogP contribution in [-0.4, -0.2) is 24.9 Å². The van der Waals surface area contributed by atoms with Gasteiger partial charge in [0.1, 0.15) is 0 Å². The van der Waals surface area contributed by atoms with E-state index in [0.29, 0.717) is 27.9 Å². The standard InChI is InChI=1S/C15H15ClN4O2S/c1-18-12-11(13(21)19(2)15(18)22)20(14(17-12)23-3)8-9-4-6-10(16)7-5-9/h4-7H,8H2,1-3H3. The van der Waals surface area contributed by atoms with E-state index in [2.05, 4.69) is 4.98 Å². The van der Waals surface area contributed by atoms with E-state index in [1.165, 1.54) is 23.4 Å². The molecule has 0 aliphatic carbocycles. The number of fused-ring (bicyclic) bond motifs is 1. The third-order valence-corrected chi connectivity index (χ3v) is 4.68. The van der Waals surface area contributed by atoms with Gasteiger partial charge in [-0.2, -0.15) is 0 Å². The van der Waals surface area contributed by atoms with Crippen molar-refractivity contribution in [2.45, 2.75) is 11.7 Å². The number of benzene rings is 1. The van der Waals surface area contributed by atoms with E-state index in [-0.39, 0.29) is 11.2 Å². The van der Waals surface area contributed by atoms with Crippen LogP contribution < -0.4 is 11.2 Å². The summed E-state index contributed by atoms with van der Waals surface area (Å²) in [5.41, 5.74) is 1.10. The largest absolute Gasteiger partial charge is 0.332 e. The lowest BCUT2D eigenvalue weighted by Gasteiger charge is -2.08.